The number of esters is 2. The fourth-order valence-electron chi connectivity index (χ4n) is 2.96. The first kappa shape index (κ1) is 22.4. The van der Waals surface area contributed by atoms with Gasteiger partial charge in [-0.2, -0.15) is 4.68 Å². The molecular weight excluding hydrogens is 416 g/mol. The third kappa shape index (κ3) is 5.06. The number of methoxy groups -OCH3 is 2. The van der Waals surface area contributed by atoms with Gasteiger partial charge in [-0.05, 0) is 60.2 Å². The number of carbonyl (C=O) groups excluding carboxylic acids is 3. The molecule has 3 aromatic rings. The van der Waals surface area contributed by atoms with Crippen molar-refractivity contribution in [2.24, 2.45) is 0 Å². The van der Waals surface area contributed by atoms with Gasteiger partial charge in [0.25, 0.3) is 0 Å². The van der Waals surface area contributed by atoms with E-state index in [9.17, 15) is 14.4 Å². The van der Waals surface area contributed by atoms with E-state index in [1.807, 2.05) is 25.1 Å². The number of amides is 1. The lowest BCUT2D eigenvalue weighted by atomic mass is 10.1. The molecule has 0 bridgehead atoms. The average Bonchev–Trinajstić information content (AvgIpc) is 3.22. The van der Waals surface area contributed by atoms with Gasteiger partial charge in [0.05, 0.1) is 37.6 Å². The number of hydrogen-bond acceptors (Lipinski definition) is 9. The van der Waals surface area contributed by atoms with Crippen molar-refractivity contribution < 1.29 is 23.9 Å². The van der Waals surface area contributed by atoms with Crippen molar-refractivity contribution in [2.45, 2.75) is 13.8 Å². The molecule has 1 heterocycles. The van der Waals surface area contributed by atoms with E-state index in [1.54, 1.807) is 11.6 Å². The number of carbonyl (C=O) groups is 3. The molecule has 1 amide bonds. The quantitative estimate of drug-likeness (QED) is 0.530. The van der Waals surface area contributed by atoms with Gasteiger partial charge in [0.2, 0.25) is 5.91 Å². The highest BCUT2D eigenvalue weighted by molar-refractivity contribution is 6.00. The molecule has 11 heteroatoms. The van der Waals surface area contributed by atoms with Crippen molar-refractivity contribution in [3.05, 3.63) is 58.9 Å². The number of nitrogens with zero attached hydrogens (tertiary/aromatic N) is 4. The van der Waals surface area contributed by atoms with Crippen molar-refractivity contribution in [2.75, 3.05) is 31.4 Å². The number of tetrazole rings is 1. The number of nitrogens with one attached hydrogen (secondary N) is 2. The molecule has 0 unspecified atom stereocenters. The number of ether oxygens (including phenoxy) is 2. The molecule has 32 heavy (non-hydrogen) atoms. The van der Waals surface area contributed by atoms with Gasteiger partial charge in [0, 0.05) is 11.4 Å². The SMILES string of the molecule is COC(=O)c1cc(NC(=O)CNc2ccc(C)c(-n3nnnc3C)c2)cc(C(=O)OC)c1. The maximum atomic E-state index is 12.5. The standard InChI is InChI=1S/C21H22N6O5/c1-12-5-6-16(10-18(12)27-13(2)24-25-26-27)22-11-19(28)23-17-8-14(20(29)31-3)7-15(9-17)21(30)32-4/h5-10,22H,11H2,1-4H3,(H,23,28). The molecule has 0 aliphatic heterocycles. The van der Waals surface area contributed by atoms with E-state index >= 15 is 0 Å². The minimum atomic E-state index is -0.644. The predicted octanol–water partition coefficient (Wildman–Crippen LogP) is 1.90. The van der Waals surface area contributed by atoms with Crippen molar-refractivity contribution in [1.82, 2.24) is 20.2 Å². The van der Waals surface area contributed by atoms with Crippen LogP contribution in [0.3, 0.4) is 0 Å². The van der Waals surface area contributed by atoms with Crippen molar-refractivity contribution in [1.29, 1.82) is 0 Å². The van der Waals surface area contributed by atoms with Gasteiger partial charge in [0.15, 0.2) is 5.82 Å². The highest BCUT2D eigenvalue weighted by Gasteiger charge is 2.15. The molecular formula is C21H22N6O5. The summed E-state index contributed by atoms with van der Waals surface area (Å²) >= 11 is 0. The molecule has 11 nitrogen and oxygen atoms in total. The minimum absolute atomic E-state index is 0.0624. The van der Waals surface area contributed by atoms with Gasteiger partial charge in [-0.15, -0.1) is 5.10 Å². The molecule has 0 spiro atoms. The summed E-state index contributed by atoms with van der Waals surface area (Å²) in [5, 5.41) is 17.2. The summed E-state index contributed by atoms with van der Waals surface area (Å²) in [7, 11) is 2.45. The molecule has 0 radical (unpaired) electrons. The zero-order valence-corrected chi connectivity index (χ0v) is 18.0. The number of benzene rings is 2. The Balaban J connectivity index is 1.73. The Labute approximate surface area is 183 Å². The van der Waals surface area contributed by atoms with Gasteiger partial charge >= 0.3 is 11.9 Å². The fraction of sp³-hybridized carbons (Fsp3) is 0.238. The normalized spacial score (nSPS) is 10.4. The van der Waals surface area contributed by atoms with E-state index in [0.29, 0.717) is 11.5 Å². The van der Waals surface area contributed by atoms with Gasteiger partial charge in [0.1, 0.15) is 0 Å². The molecule has 166 valence electrons. The van der Waals surface area contributed by atoms with E-state index in [4.69, 9.17) is 9.47 Å². The third-order valence-electron chi connectivity index (χ3n) is 4.57. The Morgan fingerprint density at radius 2 is 1.59 bits per heavy atom. The van der Waals surface area contributed by atoms with E-state index in [1.165, 1.54) is 32.4 Å². The third-order valence-corrected chi connectivity index (χ3v) is 4.57. The average molecular weight is 438 g/mol. The van der Waals surface area contributed by atoms with Gasteiger partial charge in [-0.25, -0.2) is 9.59 Å². The van der Waals surface area contributed by atoms with Crippen LogP contribution in [0.15, 0.2) is 36.4 Å². The highest BCUT2D eigenvalue weighted by Crippen LogP contribution is 2.20. The summed E-state index contributed by atoms with van der Waals surface area (Å²) in [6, 6.07) is 9.72. The first-order valence-electron chi connectivity index (χ1n) is 9.54. The number of anilines is 2. The summed E-state index contributed by atoms with van der Waals surface area (Å²) < 4.78 is 11.0. The second-order valence-electron chi connectivity index (χ2n) is 6.82. The van der Waals surface area contributed by atoms with Crippen molar-refractivity contribution in [3.63, 3.8) is 0 Å². The maximum absolute atomic E-state index is 12.5. The molecule has 0 atom stereocenters. The Morgan fingerprint density at radius 3 is 2.16 bits per heavy atom. The summed E-state index contributed by atoms with van der Waals surface area (Å²) in [5.41, 5.74) is 2.91. The first-order chi connectivity index (χ1) is 15.3. The molecule has 2 aromatic carbocycles. The molecule has 3 rings (SSSR count). The Bertz CT molecular complexity index is 1140. The fourth-order valence-corrected chi connectivity index (χ4v) is 2.96. The zero-order chi connectivity index (χ0) is 23.3. The monoisotopic (exact) mass is 438 g/mol. The van der Waals surface area contributed by atoms with Crippen LogP contribution < -0.4 is 10.6 Å². The summed E-state index contributed by atoms with van der Waals surface area (Å²) in [5.74, 6) is -1.04. The van der Waals surface area contributed by atoms with Crippen LogP contribution in [0.25, 0.3) is 5.69 Å². The molecule has 0 saturated heterocycles. The lowest BCUT2D eigenvalue weighted by Gasteiger charge is -2.12. The van der Waals surface area contributed by atoms with E-state index in [0.717, 1.165) is 11.3 Å². The largest absolute Gasteiger partial charge is 0.465 e. The minimum Gasteiger partial charge on any atom is -0.465 e. The van der Waals surface area contributed by atoms with Gasteiger partial charge in [-0.1, -0.05) is 6.07 Å². The molecule has 0 fully saturated rings. The van der Waals surface area contributed by atoms with Gasteiger partial charge < -0.3 is 20.1 Å². The summed E-state index contributed by atoms with van der Waals surface area (Å²) in [4.78, 5) is 36.3. The van der Waals surface area contributed by atoms with Crippen LogP contribution in [0, 0.1) is 13.8 Å². The number of rotatable bonds is 7. The lowest BCUT2D eigenvalue weighted by molar-refractivity contribution is -0.114. The molecule has 0 aliphatic rings. The molecule has 0 aliphatic carbocycles. The van der Waals surface area contributed by atoms with E-state index in [2.05, 4.69) is 26.2 Å². The first-order valence-corrected chi connectivity index (χ1v) is 9.54. The Hall–Kier alpha value is -4.28. The number of aromatic nitrogens is 4. The van der Waals surface area contributed by atoms with Gasteiger partial charge in [-0.3, -0.25) is 4.79 Å². The maximum Gasteiger partial charge on any atom is 0.337 e. The second kappa shape index (κ2) is 9.69. The van der Waals surface area contributed by atoms with Crippen LogP contribution in [-0.2, 0) is 14.3 Å². The topological polar surface area (TPSA) is 137 Å². The summed E-state index contributed by atoms with van der Waals surface area (Å²) in [6.07, 6.45) is 0. The van der Waals surface area contributed by atoms with E-state index in [-0.39, 0.29) is 29.3 Å². The summed E-state index contributed by atoms with van der Waals surface area (Å²) in [6.45, 7) is 3.66. The van der Waals surface area contributed by atoms with Crippen LogP contribution in [0.5, 0.6) is 0 Å². The van der Waals surface area contributed by atoms with Crippen molar-refractivity contribution in [3.8, 4) is 5.69 Å². The van der Waals surface area contributed by atoms with E-state index < -0.39 is 11.9 Å². The molecule has 2 N–H and O–H groups in total. The molecule has 1 aromatic heterocycles. The zero-order valence-electron chi connectivity index (χ0n) is 18.0. The number of aryl methyl sites for hydroxylation is 2. The second-order valence-corrected chi connectivity index (χ2v) is 6.82. The molecule has 0 saturated carbocycles. The van der Waals surface area contributed by atoms with Crippen LogP contribution in [-0.4, -0.2) is 58.8 Å². The predicted molar refractivity (Wildman–Crippen MR) is 115 cm³/mol. The Kier molecular flexibility index (Phi) is 6.78. The van der Waals surface area contributed by atoms with Crippen LogP contribution in [0.1, 0.15) is 32.1 Å². The van der Waals surface area contributed by atoms with Crippen LogP contribution >= 0.6 is 0 Å². The smallest absolute Gasteiger partial charge is 0.337 e. The number of hydrogen-bond donors (Lipinski definition) is 2. The van der Waals surface area contributed by atoms with Crippen LogP contribution in [0.2, 0.25) is 0 Å². The Morgan fingerprint density at radius 1 is 0.938 bits per heavy atom. The lowest BCUT2D eigenvalue weighted by Crippen LogP contribution is -2.22. The van der Waals surface area contributed by atoms with Crippen molar-refractivity contribution >= 4 is 29.2 Å². The van der Waals surface area contributed by atoms with Crippen LogP contribution in [0.4, 0.5) is 11.4 Å². The highest BCUT2D eigenvalue weighted by atomic mass is 16.5.